The minimum absolute atomic E-state index is 0.850. The van der Waals surface area contributed by atoms with Crippen molar-refractivity contribution in [2.24, 2.45) is 0 Å². The molecule has 224 valence electrons. The Morgan fingerprint density at radius 3 is 1.38 bits per heavy atom. The smallest absolute Gasteiger partial charge is 0.0973 e. The Bertz CT molecular complexity index is 2580. The zero-order valence-electron chi connectivity index (χ0n) is 26.1. The normalized spacial score (nSPS) is 11.3. The Morgan fingerprint density at radius 1 is 0.333 bits per heavy atom. The van der Waals surface area contributed by atoms with Crippen LogP contribution in [0.4, 0.5) is 0 Å². The third kappa shape index (κ3) is 4.90. The first-order valence-corrected chi connectivity index (χ1v) is 16.2. The molecule has 3 heteroatoms. The quantitative estimate of drug-likeness (QED) is 0.194. The summed E-state index contributed by atoms with van der Waals surface area (Å²) in [7, 11) is 0. The molecule has 0 fully saturated rings. The molecule has 0 aliphatic rings. The van der Waals surface area contributed by atoms with E-state index in [1.54, 1.807) is 0 Å². The van der Waals surface area contributed by atoms with Crippen molar-refractivity contribution >= 4 is 32.6 Å². The largest absolute Gasteiger partial charge is 0.256 e. The highest BCUT2D eigenvalue weighted by molar-refractivity contribution is 6.08. The van der Waals surface area contributed by atoms with Gasteiger partial charge in [-0.1, -0.05) is 146 Å². The highest BCUT2D eigenvalue weighted by atomic mass is 14.8. The Morgan fingerprint density at radius 2 is 0.812 bits per heavy atom. The first-order valence-electron chi connectivity index (χ1n) is 16.2. The van der Waals surface area contributed by atoms with E-state index < -0.39 is 0 Å². The molecular formula is C45H29N3. The van der Waals surface area contributed by atoms with E-state index in [0.29, 0.717) is 0 Å². The summed E-state index contributed by atoms with van der Waals surface area (Å²) in [4.78, 5) is 15.3. The molecule has 0 saturated carbocycles. The van der Waals surface area contributed by atoms with Crippen LogP contribution in [0.5, 0.6) is 0 Å². The summed E-state index contributed by atoms with van der Waals surface area (Å²) < 4.78 is 0. The first kappa shape index (κ1) is 27.8. The fourth-order valence-electron chi connectivity index (χ4n) is 6.80. The fourth-order valence-corrected chi connectivity index (χ4v) is 6.80. The number of rotatable bonds is 5. The molecule has 2 aromatic heterocycles. The van der Waals surface area contributed by atoms with Gasteiger partial charge in [0, 0.05) is 22.9 Å². The summed E-state index contributed by atoms with van der Waals surface area (Å²) in [6, 6.07) is 59.6. The second-order valence-electron chi connectivity index (χ2n) is 12.0. The molecule has 0 atom stereocenters. The number of aromatic nitrogens is 3. The van der Waals surface area contributed by atoms with E-state index in [1.807, 2.05) is 30.5 Å². The number of pyridine rings is 1. The van der Waals surface area contributed by atoms with Crippen molar-refractivity contribution in [1.82, 2.24) is 15.0 Å². The molecule has 0 aliphatic heterocycles. The van der Waals surface area contributed by atoms with Gasteiger partial charge in [-0.25, -0.2) is 9.97 Å². The molecule has 2 heterocycles. The molecule has 0 unspecified atom stereocenters. The summed E-state index contributed by atoms with van der Waals surface area (Å²) in [5.41, 5.74) is 12.1. The zero-order valence-corrected chi connectivity index (χ0v) is 26.1. The average Bonchev–Trinajstić information content (AvgIpc) is 3.17. The van der Waals surface area contributed by atoms with Crippen molar-refractivity contribution < 1.29 is 0 Å². The van der Waals surface area contributed by atoms with Crippen LogP contribution in [0.25, 0.3) is 88.6 Å². The molecule has 0 saturated heterocycles. The van der Waals surface area contributed by atoms with Crippen LogP contribution in [0.3, 0.4) is 0 Å². The van der Waals surface area contributed by atoms with Gasteiger partial charge in [-0.2, -0.15) is 0 Å². The summed E-state index contributed by atoms with van der Waals surface area (Å²) in [6.07, 6.45) is 1.82. The lowest BCUT2D eigenvalue weighted by Crippen LogP contribution is -1.98. The van der Waals surface area contributed by atoms with Gasteiger partial charge in [0.05, 0.1) is 28.1 Å². The van der Waals surface area contributed by atoms with Crippen LogP contribution in [0.1, 0.15) is 0 Å². The van der Waals surface area contributed by atoms with Gasteiger partial charge in [-0.15, -0.1) is 0 Å². The molecule has 0 N–H and O–H groups in total. The SMILES string of the molecule is c1ccc(-c2nc3cc(-c4cccc5ccccc45)c(-c4cccc5ccccc45)cc3nc2-c2ccc(-c3ccccn3)cc2)cc1. The lowest BCUT2D eigenvalue weighted by Gasteiger charge is -2.17. The monoisotopic (exact) mass is 611 g/mol. The highest BCUT2D eigenvalue weighted by Gasteiger charge is 2.19. The lowest BCUT2D eigenvalue weighted by atomic mass is 9.88. The second kappa shape index (κ2) is 11.7. The number of benzene rings is 7. The summed E-state index contributed by atoms with van der Waals surface area (Å²) in [5, 5.41) is 4.83. The van der Waals surface area contributed by atoms with Gasteiger partial charge in [0.1, 0.15) is 0 Å². The molecule has 0 spiro atoms. The Kier molecular flexibility index (Phi) is 6.80. The van der Waals surface area contributed by atoms with Crippen LogP contribution in [0, 0.1) is 0 Å². The predicted octanol–water partition coefficient (Wildman–Crippen LogP) is 11.7. The van der Waals surface area contributed by atoms with Crippen molar-refractivity contribution in [3.8, 4) is 56.0 Å². The van der Waals surface area contributed by atoms with E-state index in [1.165, 1.54) is 32.7 Å². The third-order valence-electron chi connectivity index (χ3n) is 9.13. The van der Waals surface area contributed by atoms with Crippen LogP contribution in [-0.2, 0) is 0 Å². The average molecular weight is 612 g/mol. The van der Waals surface area contributed by atoms with Crippen molar-refractivity contribution in [3.05, 3.63) is 176 Å². The van der Waals surface area contributed by atoms with Gasteiger partial charge in [0.25, 0.3) is 0 Å². The molecule has 3 nitrogen and oxygen atoms in total. The van der Waals surface area contributed by atoms with Crippen molar-refractivity contribution in [2.75, 3.05) is 0 Å². The third-order valence-corrected chi connectivity index (χ3v) is 9.13. The molecule has 9 rings (SSSR count). The van der Waals surface area contributed by atoms with E-state index in [9.17, 15) is 0 Å². The van der Waals surface area contributed by atoms with E-state index in [-0.39, 0.29) is 0 Å². The van der Waals surface area contributed by atoms with Gasteiger partial charge in [-0.3, -0.25) is 4.98 Å². The Labute approximate surface area is 278 Å². The topological polar surface area (TPSA) is 38.7 Å². The zero-order chi connectivity index (χ0) is 31.9. The maximum atomic E-state index is 5.41. The van der Waals surface area contributed by atoms with E-state index in [4.69, 9.17) is 9.97 Å². The lowest BCUT2D eigenvalue weighted by molar-refractivity contribution is 1.29. The number of nitrogens with zero attached hydrogens (tertiary/aromatic N) is 3. The van der Waals surface area contributed by atoms with Crippen molar-refractivity contribution in [2.45, 2.75) is 0 Å². The van der Waals surface area contributed by atoms with Gasteiger partial charge in [0.15, 0.2) is 0 Å². The van der Waals surface area contributed by atoms with Crippen LogP contribution in [-0.4, -0.2) is 15.0 Å². The molecule has 48 heavy (non-hydrogen) atoms. The highest BCUT2D eigenvalue weighted by Crippen LogP contribution is 2.42. The number of hydrogen-bond donors (Lipinski definition) is 0. The molecule has 0 bridgehead atoms. The predicted molar refractivity (Wildman–Crippen MR) is 200 cm³/mol. The Balaban J connectivity index is 1.33. The van der Waals surface area contributed by atoms with Gasteiger partial charge in [-0.05, 0) is 68.1 Å². The van der Waals surface area contributed by atoms with Crippen LogP contribution in [0.15, 0.2) is 176 Å². The van der Waals surface area contributed by atoms with Crippen LogP contribution >= 0.6 is 0 Å². The Hall–Kier alpha value is -6.45. The second-order valence-corrected chi connectivity index (χ2v) is 12.0. The number of fused-ring (bicyclic) bond motifs is 3. The first-order chi connectivity index (χ1) is 23.8. The van der Waals surface area contributed by atoms with Gasteiger partial charge < -0.3 is 0 Å². The van der Waals surface area contributed by atoms with Gasteiger partial charge in [0.2, 0.25) is 0 Å². The molecule has 9 aromatic rings. The van der Waals surface area contributed by atoms with E-state index in [2.05, 4.69) is 151 Å². The van der Waals surface area contributed by atoms with Crippen LogP contribution in [0.2, 0.25) is 0 Å². The van der Waals surface area contributed by atoms with E-state index in [0.717, 1.165) is 55.9 Å². The molecular weight excluding hydrogens is 583 g/mol. The number of hydrogen-bond acceptors (Lipinski definition) is 3. The summed E-state index contributed by atoms with van der Waals surface area (Å²) in [6.45, 7) is 0. The summed E-state index contributed by atoms with van der Waals surface area (Å²) in [5.74, 6) is 0. The van der Waals surface area contributed by atoms with E-state index >= 15 is 0 Å². The maximum absolute atomic E-state index is 5.41. The molecule has 0 radical (unpaired) electrons. The molecule has 0 amide bonds. The fraction of sp³-hybridized carbons (Fsp3) is 0. The molecule has 7 aromatic carbocycles. The minimum Gasteiger partial charge on any atom is -0.256 e. The summed E-state index contributed by atoms with van der Waals surface area (Å²) >= 11 is 0. The van der Waals surface area contributed by atoms with Gasteiger partial charge >= 0.3 is 0 Å². The molecule has 0 aliphatic carbocycles. The van der Waals surface area contributed by atoms with Crippen molar-refractivity contribution in [1.29, 1.82) is 0 Å². The minimum atomic E-state index is 0.850. The van der Waals surface area contributed by atoms with Crippen LogP contribution < -0.4 is 0 Å². The van der Waals surface area contributed by atoms with Crippen molar-refractivity contribution in [3.63, 3.8) is 0 Å². The standard InChI is InChI=1S/C45H29N3/c1-2-14-33(15-3-1)44-45(34-25-23-32(24-26-34)41-22-8-9-27-46-41)48-43-29-40(38-21-11-17-31-13-5-7-19-36(31)38)39(28-42(43)47-44)37-20-10-16-30-12-4-6-18-35(30)37/h1-29H. The maximum Gasteiger partial charge on any atom is 0.0973 e.